The van der Waals surface area contributed by atoms with Crippen LogP contribution in [0.5, 0.6) is 0 Å². The van der Waals surface area contributed by atoms with Gasteiger partial charge >= 0.3 is 6.18 Å². The second-order valence-corrected chi connectivity index (χ2v) is 5.55. The Labute approximate surface area is 103 Å². The number of halogens is 3. The highest BCUT2D eigenvalue weighted by atomic mass is 32.2. The van der Waals surface area contributed by atoms with Crippen molar-refractivity contribution in [2.75, 3.05) is 5.73 Å². The van der Waals surface area contributed by atoms with E-state index in [9.17, 15) is 13.2 Å². The lowest BCUT2D eigenvalue weighted by atomic mass is 10.2. The molecule has 6 heteroatoms. The molecule has 1 atom stereocenters. The summed E-state index contributed by atoms with van der Waals surface area (Å²) < 4.78 is 38.5. The number of nitrogens with two attached hydrogens (primary N) is 1. The summed E-state index contributed by atoms with van der Waals surface area (Å²) in [5, 5.41) is 0.0814. The molecule has 1 aromatic rings. The molecule has 0 spiro atoms. The first kappa shape index (κ1) is 14.2. The number of anilines is 1. The Bertz CT molecular complexity index is 391. The third-order valence-corrected chi connectivity index (χ3v) is 3.99. The van der Waals surface area contributed by atoms with Gasteiger partial charge in [0.1, 0.15) is 11.4 Å². The summed E-state index contributed by atoms with van der Waals surface area (Å²) in [6.07, 6.45) is -3.16. The van der Waals surface area contributed by atoms with E-state index in [4.69, 9.17) is 5.73 Å². The van der Waals surface area contributed by atoms with Crippen LogP contribution in [0.4, 0.5) is 19.0 Å². The van der Waals surface area contributed by atoms with E-state index in [2.05, 4.69) is 4.98 Å². The van der Waals surface area contributed by atoms with Crippen molar-refractivity contribution in [2.45, 2.75) is 37.1 Å². The zero-order valence-corrected chi connectivity index (χ0v) is 10.7. The molecule has 17 heavy (non-hydrogen) atoms. The van der Waals surface area contributed by atoms with Crippen LogP contribution in [0.25, 0.3) is 0 Å². The number of hydrogen-bond donors (Lipinski definition) is 1. The Morgan fingerprint density at radius 2 is 1.88 bits per heavy atom. The molecule has 0 bridgehead atoms. The van der Waals surface area contributed by atoms with E-state index in [1.54, 1.807) is 0 Å². The van der Waals surface area contributed by atoms with E-state index >= 15 is 0 Å². The van der Waals surface area contributed by atoms with Gasteiger partial charge in [-0.3, -0.25) is 0 Å². The molecular weight excluding hydrogens is 249 g/mol. The maximum absolute atomic E-state index is 12.8. The summed E-state index contributed by atoms with van der Waals surface area (Å²) >= 11 is 1.18. The first-order valence-corrected chi connectivity index (χ1v) is 6.09. The van der Waals surface area contributed by atoms with Gasteiger partial charge in [-0.25, -0.2) is 4.98 Å². The van der Waals surface area contributed by atoms with Gasteiger partial charge in [-0.2, -0.15) is 13.2 Å². The number of thioether (sulfide) groups is 1. The standard InChI is InChI=1S/C11H15F3N2S/c1-6(2)7(3)17-8-4-5-16-10(15)9(8)11(12,13)14/h4-7H,1-3H3,(H2,15,16). The SMILES string of the molecule is CC(C)C(C)Sc1ccnc(N)c1C(F)(F)F. The lowest BCUT2D eigenvalue weighted by Gasteiger charge is -2.19. The first-order chi connectivity index (χ1) is 7.73. The molecule has 0 amide bonds. The predicted octanol–water partition coefficient (Wildman–Crippen LogP) is 3.82. The molecule has 2 N–H and O–H groups in total. The quantitative estimate of drug-likeness (QED) is 0.843. The molecule has 0 aliphatic rings. The van der Waals surface area contributed by atoms with Gasteiger partial charge in [-0.05, 0) is 12.0 Å². The van der Waals surface area contributed by atoms with Crippen LogP contribution in [0.3, 0.4) is 0 Å². The molecule has 1 heterocycles. The molecule has 0 fully saturated rings. The summed E-state index contributed by atoms with van der Waals surface area (Å²) in [7, 11) is 0. The molecule has 0 aromatic carbocycles. The summed E-state index contributed by atoms with van der Waals surface area (Å²) in [5.74, 6) is -0.172. The third-order valence-electron chi connectivity index (χ3n) is 2.48. The second-order valence-electron chi connectivity index (χ2n) is 4.13. The lowest BCUT2D eigenvalue weighted by molar-refractivity contribution is -0.139. The van der Waals surface area contributed by atoms with E-state index in [0.717, 1.165) is 0 Å². The molecular formula is C11H15F3N2S. The Morgan fingerprint density at radius 3 is 2.35 bits per heavy atom. The number of nitrogens with zero attached hydrogens (tertiary/aromatic N) is 1. The van der Waals surface area contributed by atoms with Gasteiger partial charge in [0.2, 0.25) is 0 Å². The monoisotopic (exact) mass is 264 g/mol. The fourth-order valence-electron chi connectivity index (χ4n) is 1.18. The van der Waals surface area contributed by atoms with Crippen molar-refractivity contribution in [1.29, 1.82) is 0 Å². The van der Waals surface area contributed by atoms with Crippen LogP contribution in [0.1, 0.15) is 26.3 Å². The van der Waals surface area contributed by atoms with Gasteiger partial charge in [0.05, 0.1) is 0 Å². The van der Waals surface area contributed by atoms with Crippen molar-refractivity contribution >= 4 is 17.6 Å². The minimum absolute atomic E-state index is 0.0814. The maximum atomic E-state index is 12.8. The van der Waals surface area contributed by atoms with Crippen LogP contribution in [-0.2, 0) is 6.18 Å². The van der Waals surface area contributed by atoms with Gasteiger partial charge in [-0.1, -0.05) is 20.8 Å². The zero-order valence-electron chi connectivity index (χ0n) is 9.88. The van der Waals surface area contributed by atoms with Crippen LogP contribution in [0, 0.1) is 5.92 Å². The summed E-state index contributed by atoms with van der Waals surface area (Å²) in [6, 6.07) is 1.36. The fraction of sp³-hybridized carbons (Fsp3) is 0.545. The predicted molar refractivity (Wildman–Crippen MR) is 63.8 cm³/mol. The van der Waals surface area contributed by atoms with E-state index < -0.39 is 17.6 Å². The van der Waals surface area contributed by atoms with E-state index in [1.807, 2.05) is 20.8 Å². The van der Waals surface area contributed by atoms with Crippen molar-refractivity contribution in [1.82, 2.24) is 4.98 Å². The average molecular weight is 264 g/mol. The average Bonchev–Trinajstić information content (AvgIpc) is 2.15. The molecule has 0 aliphatic carbocycles. The van der Waals surface area contributed by atoms with Gasteiger partial charge in [-0.15, -0.1) is 11.8 Å². The van der Waals surface area contributed by atoms with Crippen LogP contribution in [0.15, 0.2) is 17.2 Å². The Balaban J connectivity index is 3.12. The first-order valence-electron chi connectivity index (χ1n) is 5.21. The molecule has 1 aromatic heterocycles. The number of rotatable bonds is 3. The smallest absolute Gasteiger partial charge is 0.383 e. The minimum atomic E-state index is -4.46. The van der Waals surface area contributed by atoms with Gasteiger partial charge in [0.15, 0.2) is 0 Å². The van der Waals surface area contributed by atoms with Crippen LogP contribution in [-0.4, -0.2) is 10.2 Å². The minimum Gasteiger partial charge on any atom is -0.383 e. The zero-order chi connectivity index (χ0) is 13.2. The number of pyridine rings is 1. The normalized spacial score (nSPS) is 14.1. The van der Waals surface area contributed by atoms with Crippen LogP contribution < -0.4 is 5.73 Å². The van der Waals surface area contributed by atoms with Gasteiger partial charge in [0, 0.05) is 16.3 Å². The third kappa shape index (κ3) is 3.52. The Hall–Kier alpha value is -0.910. The van der Waals surface area contributed by atoms with E-state index in [1.165, 1.54) is 24.0 Å². The van der Waals surface area contributed by atoms with Crippen LogP contribution >= 0.6 is 11.8 Å². The van der Waals surface area contributed by atoms with Crippen molar-refractivity contribution in [3.05, 3.63) is 17.8 Å². The highest BCUT2D eigenvalue weighted by molar-refractivity contribution is 8.00. The molecule has 0 radical (unpaired) electrons. The van der Waals surface area contributed by atoms with E-state index in [-0.39, 0.29) is 16.1 Å². The molecule has 0 saturated heterocycles. The van der Waals surface area contributed by atoms with Crippen molar-refractivity contribution in [3.8, 4) is 0 Å². The Kier molecular flexibility index (Phi) is 4.30. The molecule has 1 unspecified atom stereocenters. The number of alkyl halides is 3. The lowest BCUT2D eigenvalue weighted by Crippen LogP contribution is -2.14. The number of hydrogen-bond acceptors (Lipinski definition) is 3. The molecule has 2 nitrogen and oxygen atoms in total. The largest absolute Gasteiger partial charge is 0.421 e. The number of aromatic nitrogens is 1. The van der Waals surface area contributed by atoms with Crippen molar-refractivity contribution in [3.63, 3.8) is 0 Å². The van der Waals surface area contributed by atoms with Gasteiger partial charge in [0.25, 0.3) is 0 Å². The Morgan fingerprint density at radius 1 is 1.29 bits per heavy atom. The summed E-state index contributed by atoms with van der Waals surface area (Å²) in [6.45, 7) is 5.83. The second kappa shape index (κ2) is 5.16. The highest BCUT2D eigenvalue weighted by Gasteiger charge is 2.37. The van der Waals surface area contributed by atoms with Crippen LogP contribution in [0.2, 0.25) is 0 Å². The molecule has 0 saturated carbocycles. The van der Waals surface area contributed by atoms with Gasteiger partial charge < -0.3 is 5.73 Å². The summed E-state index contributed by atoms with van der Waals surface area (Å²) in [5.41, 5.74) is 4.49. The maximum Gasteiger partial charge on any atom is 0.421 e. The highest BCUT2D eigenvalue weighted by Crippen LogP contribution is 2.41. The molecule has 1 rings (SSSR count). The van der Waals surface area contributed by atoms with Crippen molar-refractivity contribution in [2.24, 2.45) is 5.92 Å². The van der Waals surface area contributed by atoms with E-state index in [0.29, 0.717) is 0 Å². The number of nitrogen functional groups attached to an aromatic ring is 1. The molecule has 0 aliphatic heterocycles. The van der Waals surface area contributed by atoms with Crippen molar-refractivity contribution < 1.29 is 13.2 Å². The molecule has 96 valence electrons. The summed E-state index contributed by atoms with van der Waals surface area (Å²) in [4.78, 5) is 3.65. The fourth-order valence-corrected chi connectivity index (χ4v) is 2.33. The topological polar surface area (TPSA) is 38.9 Å².